The topological polar surface area (TPSA) is 50.4 Å². The summed E-state index contributed by atoms with van der Waals surface area (Å²) in [6.45, 7) is 4.10. The molecule has 0 saturated heterocycles. The van der Waals surface area contributed by atoms with Crippen molar-refractivity contribution in [1.82, 2.24) is 0 Å². The molecule has 0 aliphatic rings. The van der Waals surface area contributed by atoms with Crippen LogP contribution >= 0.6 is 0 Å². The quantitative estimate of drug-likeness (QED) is 0.738. The Morgan fingerprint density at radius 3 is 2.55 bits per heavy atom. The molecule has 112 valence electrons. The smallest absolute Gasteiger partial charge is 0.343 e. The lowest BCUT2D eigenvalue weighted by Gasteiger charge is -2.15. The predicted molar refractivity (Wildman–Crippen MR) is 87.4 cm³/mol. The van der Waals surface area contributed by atoms with Gasteiger partial charge < -0.3 is 9.52 Å². The van der Waals surface area contributed by atoms with Gasteiger partial charge in [-0.1, -0.05) is 43.3 Å². The highest BCUT2D eigenvalue weighted by Gasteiger charge is 2.18. The van der Waals surface area contributed by atoms with Gasteiger partial charge >= 0.3 is 5.63 Å². The van der Waals surface area contributed by atoms with Gasteiger partial charge in [-0.3, -0.25) is 0 Å². The van der Waals surface area contributed by atoms with E-state index >= 15 is 0 Å². The SMILES string of the molecule is Cc1ccccc1C(C)Cc1c(O)c2ccccc2oc1=O. The highest BCUT2D eigenvalue weighted by atomic mass is 16.4. The van der Waals surface area contributed by atoms with Crippen molar-refractivity contribution in [3.63, 3.8) is 0 Å². The number of hydrogen-bond donors (Lipinski definition) is 1. The van der Waals surface area contributed by atoms with Gasteiger partial charge in [-0.2, -0.15) is 0 Å². The van der Waals surface area contributed by atoms with Crippen LogP contribution in [0.1, 0.15) is 29.5 Å². The predicted octanol–water partition coefficient (Wildman–Crippen LogP) is 4.15. The highest BCUT2D eigenvalue weighted by molar-refractivity contribution is 5.83. The standard InChI is InChI=1S/C19H18O3/c1-12-7-3-4-8-14(12)13(2)11-16-18(20)15-9-5-6-10-17(15)22-19(16)21/h3-10,13,20H,11H2,1-2H3. The number of aromatic hydroxyl groups is 1. The van der Waals surface area contributed by atoms with Crippen LogP contribution in [0.15, 0.2) is 57.7 Å². The normalized spacial score (nSPS) is 12.5. The molecule has 3 nitrogen and oxygen atoms in total. The average Bonchev–Trinajstić information content (AvgIpc) is 2.51. The Morgan fingerprint density at radius 2 is 1.77 bits per heavy atom. The molecule has 2 aromatic carbocycles. The highest BCUT2D eigenvalue weighted by Crippen LogP contribution is 2.30. The first-order valence-electron chi connectivity index (χ1n) is 7.37. The summed E-state index contributed by atoms with van der Waals surface area (Å²) in [5, 5.41) is 11.0. The fourth-order valence-corrected chi connectivity index (χ4v) is 2.91. The number of hydrogen-bond acceptors (Lipinski definition) is 3. The van der Waals surface area contributed by atoms with Crippen LogP contribution in [0.5, 0.6) is 5.75 Å². The third kappa shape index (κ3) is 2.50. The second-order valence-electron chi connectivity index (χ2n) is 5.67. The lowest BCUT2D eigenvalue weighted by molar-refractivity contribution is 0.453. The van der Waals surface area contributed by atoms with E-state index in [0.29, 0.717) is 23.0 Å². The summed E-state index contributed by atoms with van der Waals surface area (Å²) in [6, 6.07) is 15.1. The van der Waals surface area contributed by atoms with Gasteiger partial charge in [-0.25, -0.2) is 4.79 Å². The second kappa shape index (κ2) is 5.68. The minimum Gasteiger partial charge on any atom is -0.507 e. The fourth-order valence-electron chi connectivity index (χ4n) is 2.91. The van der Waals surface area contributed by atoms with Crippen LogP contribution in [0.2, 0.25) is 0 Å². The molecule has 0 radical (unpaired) electrons. The molecular formula is C19H18O3. The average molecular weight is 294 g/mol. The lowest BCUT2D eigenvalue weighted by atomic mass is 9.90. The number of para-hydroxylation sites is 1. The molecule has 0 fully saturated rings. The van der Waals surface area contributed by atoms with Gasteiger partial charge in [0, 0.05) is 0 Å². The van der Waals surface area contributed by atoms with Crippen LogP contribution in [0, 0.1) is 6.92 Å². The molecule has 0 bridgehead atoms. The van der Waals surface area contributed by atoms with Gasteiger partial charge in [0.1, 0.15) is 11.3 Å². The Bertz CT molecular complexity index is 877. The van der Waals surface area contributed by atoms with Crippen molar-refractivity contribution >= 4 is 11.0 Å². The molecule has 1 N–H and O–H groups in total. The van der Waals surface area contributed by atoms with Gasteiger partial charge in [0.05, 0.1) is 10.9 Å². The molecule has 1 aromatic heterocycles. The van der Waals surface area contributed by atoms with E-state index in [9.17, 15) is 9.90 Å². The molecule has 3 heteroatoms. The maximum atomic E-state index is 12.2. The van der Waals surface area contributed by atoms with Crippen LogP contribution in [0.25, 0.3) is 11.0 Å². The Morgan fingerprint density at radius 1 is 1.09 bits per heavy atom. The third-order valence-corrected chi connectivity index (χ3v) is 4.11. The first kappa shape index (κ1) is 14.4. The van der Waals surface area contributed by atoms with E-state index in [1.165, 1.54) is 11.1 Å². The molecule has 0 aliphatic heterocycles. The van der Waals surface area contributed by atoms with Crippen molar-refractivity contribution < 1.29 is 9.52 Å². The van der Waals surface area contributed by atoms with Crippen molar-refractivity contribution in [2.24, 2.45) is 0 Å². The first-order chi connectivity index (χ1) is 10.6. The van der Waals surface area contributed by atoms with Crippen molar-refractivity contribution in [3.05, 3.63) is 75.6 Å². The maximum Gasteiger partial charge on any atom is 0.343 e. The van der Waals surface area contributed by atoms with Gasteiger partial charge in [-0.15, -0.1) is 0 Å². The molecule has 1 unspecified atom stereocenters. The Hall–Kier alpha value is -2.55. The van der Waals surface area contributed by atoms with E-state index in [-0.39, 0.29) is 11.7 Å². The number of aryl methyl sites for hydroxylation is 1. The summed E-state index contributed by atoms with van der Waals surface area (Å²) in [5.41, 5.74) is 2.65. The summed E-state index contributed by atoms with van der Waals surface area (Å²) >= 11 is 0. The zero-order valence-electron chi connectivity index (χ0n) is 12.7. The molecule has 0 aliphatic carbocycles. The molecule has 22 heavy (non-hydrogen) atoms. The second-order valence-corrected chi connectivity index (χ2v) is 5.67. The summed E-state index contributed by atoms with van der Waals surface area (Å²) in [6.07, 6.45) is 0.448. The summed E-state index contributed by atoms with van der Waals surface area (Å²) in [4.78, 5) is 12.2. The fraction of sp³-hybridized carbons (Fsp3) is 0.211. The summed E-state index contributed by atoms with van der Waals surface area (Å²) < 4.78 is 5.33. The third-order valence-electron chi connectivity index (χ3n) is 4.11. The Kier molecular flexibility index (Phi) is 3.72. The van der Waals surface area contributed by atoms with E-state index in [1.807, 2.05) is 18.2 Å². The van der Waals surface area contributed by atoms with Crippen LogP contribution in [0.4, 0.5) is 0 Å². The largest absolute Gasteiger partial charge is 0.507 e. The van der Waals surface area contributed by atoms with Crippen molar-refractivity contribution in [2.75, 3.05) is 0 Å². The van der Waals surface area contributed by atoms with E-state index in [4.69, 9.17) is 4.42 Å². The van der Waals surface area contributed by atoms with Gasteiger partial charge in [0.15, 0.2) is 0 Å². The van der Waals surface area contributed by atoms with Crippen LogP contribution in [-0.2, 0) is 6.42 Å². The van der Waals surface area contributed by atoms with E-state index in [1.54, 1.807) is 18.2 Å². The summed E-state index contributed by atoms with van der Waals surface area (Å²) in [7, 11) is 0. The molecule has 0 spiro atoms. The van der Waals surface area contributed by atoms with Crippen molar-refractivity contribution in [3.8, 4) is 5.75 Å². The minimum absolute atomic E-state index is 0.0345. The lowest BCUT2D eigenvalue weighted by Crippen LogP contribution is -2.12. The first-order valence-corrected chi connectivity index (χ1v) is 7.37. The van der Waals surface area contributed by atoms with Crippen LogP contribution < -0.4 is 5.63 Å². The number of rotatable bonds is 3. The Balaban J connectivity index is 2.04. The zero-order chi connectivity index (χ0) is 15.7. The van der Waals surface area contributed by atoms with Crippen LogP contribution in [0.3, 0.4) is 0 Å². The van der Waals surface area contributed by atoms with E-state index in [0.717, 1.165) is 0 Å². The van der Waals surface area contributed by atoms with Gasteiger partial charge in [-0.05, 0) is 42.5 Å². The van der Waals surface area contributed by atoms with Crippen molar-refractivity contribution in [2.45, 2.75) is 26.2 Å². The van der Waals surface area contributed by atoms with E-state index < -0.39 is 5.63 Å². The van der Waals surface area contributed by atoms with Crippen molar-refractivity contribution in [1.29, 1.82) is 0 Å². The van der Waals surface area contributed by atoms with E-state index in [2.05, 4.69) is 26.0 Å². The number of fused-ring (bicyclic) bond motifs is 1. The molecule has 1 atom stereocenters. The monoisotopic (exact) mass is 294 g/mol. The number of benzene rings is 2. The minimum atomic E-state index is -0.461. The Labute approximate surface area is 128 Å². The van der Waals surface area contributed by atoms with Gasteiger partial charge in [0.2, 0.25) is 0 Å². The molecule has 3 rings (SSSR count). The molecular weight excluding hydrogens is 276 g/mol. The molecule has 1 heterocycles. The molecule has 3 aromatic rings. The molecule has 0 saturated carbocycles. The summed E-state index contributed by atoms with van der Waals surface area (Å²) in [5.74, 6) is 0.156. The zero-order valence-corrected chi connectivity index (χ0v) is 12.7. The van der Waals surface area contributed by atoms with Gasteiger partial charge in [0.25, 0.3) is 0 Å². The van der Waals surface area contributed by atoms with Crippen LogP contribution in [-0.4, -0.2) is 5.11 Å². The molecule has 0 amide bonds. The maximum absolute atomic E-state index is 12.2.